The van der Waals surface area contributed by atoms with E-state index in [1.54, 1.807) is 0 Å². The number of benzene rings is 5. The van der Waals surface area contributed by atoms with E-state index in [-0.39, 0.29) is 16.3 Å². The second kappa shape index (κ2) is 8.78. The van der Waals surface area contributed by atoms with Gasteiger partial charge in [0.25, 0.3) is 0 Å². The van der Waals surface area contributed by atoms with Crippen LogP contribution in [-0.2, 0) is 5.41 Å². The van der Waals surface area contributed by atoms with Crippen molar-refractivity contribution in [2.45, 2.75) is 26.2 Å². The summed E-state index contributed by atoms with van der Waals surface area (Å²) in [6.07, 6.45) is 0. The highest BCUT2D eigenvalue weighted by atomic mass is 16.1. The Morgan fingerprint density at radius 3 is 1.62 bits per heavy atom. The summed E-state index contributed by atoms with van der Waals surface area (Å²) < 4.78 is 2.11. The van der Waals surface area contributed by atoms with E-state index < -0.39 is 0 Å². The number of hydrogen-bond donors (Lipinski definition) is 0. The molecule has 2 heterocycles. The predicted octanol–water partition coefficient (Wildman–Crippen LogP) is 8.32. The van der Waals surface area contributed by atoms with Gasteiger partial charge in [0.15, 0.2) is 10.9 Å². The van der Waals surface area contributed by atoms with Crippen LogP contribution in [0.3, 0.4) is 0 Å². The number of nitrogens with zero attached hydrogens (tertiary/aromatic N) is 2. The first-order chi connectivity index (χ1) is 19.3. The van der Waals surface area contributed by atoms with E-state index >= 15 is 0 Å². The van der Waals surface area contributed by atoms with Gasteiger partial charge in [0.05, 0.1) is 16.6 Å². The molecule has 0 saturated carbocycles. The van der Waals surface area contributed by atoms with Gasteiger partial charge in [0.1, 0.15) is 0 Å². The summed E-state index contributed by atoms with van der Waals surface area (Å²) in [5.74, 6) is 0. The zero-order valence-corrected chi connectivity index (χ0v) is 22.7. The molecule has 40 heavy (non-hydrogen) atoms. The molecule has 0 aliphatic heterocycles. The average Bonchev–Trinajstić information content (AvgIpc) is 2.97. The van der Waals surface area contributed by atoms with Crippen LogP contribution in [0.15, 0.2) is 125 Å². The van der Waals surface area contributed by atoms with E-state index in [0.29, 0.717) is 27.1 Å². The summed E-state index contributed by atoms with van der Waals surface area (Å²) in [5.41, 5.74) is 5.85. The highest BCUT2D eigenvalue weighted by Gasteiger charge is 2.23. The summed E-state index contributed by atoms with van der Waals surface area (Å²) in [4.78, 5) is 30.1. The molecule has 0 bridgehead atoms. The lowest BCUT2D eigenvalue weighted by Crippen LogP contribution is -2.18. The minimum absolute atomic E-state index is 0.0446. The smallest absolute Gasteiger partial charge is 0.197 e. The highest BCUT2D eigenvalue weighted by Crippen LogP contribution is 2.37. The Balaban J connectivity index is 1.66. The maximum atomic E-state index is 14.1. The number of fused-ring (bicyclic) bond motifs is 4. The van der Waals surface area contributed by atoms with Gasteiger partial charge in [-0.25, -0.2) is 0 Å². The largest absolute Gasteiger partial charge is 0.310 e. The van der Waals surface area contributed by atoms with E-state index in [4.69, 9.17) is 0 Å². The summed E-state index contributed by atoms with van der Waals surface area (Å²) in [6.45, 7) is 6.32. The molecule has 0 fully saturated rings. The monoisotopic (exact) mass is 520 g/mol. The Hall–Kier alpha value is -4.96. The molecule has 0 radical (unpaired) electrons. The van der Waals surface area contributed by atoms with Gasteiger partial charge in [-0.3, -0.25) is 9.59 Å². The topological polar surface area (TPSA) is 41.8 Å². The van der Waals surface area contributed by atoms with Crippen LogP contribution in [0.4, 0.5) is 17.1 Å². The third kappa shape index (κ3) is 3.60. The van der Waals surface area contributed by atoms with Gasteiger partial charge in [-0.1, -0.05) is 69.3 Å². The number of para-hydroxylation sites is 3. The molecule has 2 aromatic heterocycles. The molecular weight excluding hydrogens is 492 g/mol. The number of rotatable bonds is 3. The lowest BCUT2D eigenvalue weighted by Gasteiger charge is -2.26. The zero-order valence-electron chi connectivity index (χ0n) is 22.7. The van der Waals surface area contributed by atoms with Crippen LogP contribution in [0.1, 0.15) is 26.3 Å². The summed E-state index contributed by atoms with van der Waals surface area (Å²) in [5, 5.41) is 2.42. The molecule has 0 aliphatic rings. The fraction of sp³-hybridized carbons (Fsp3) is 0.111. The van der Waals surface area contributed by atoms with Crippen molar-refractivity contribution in [1.82, 2.24) is 4.40 Å². The molecule has 0 aliphatic carbocycles. The average molecular weight is 521 g/mol. The van der Waals surface area contributed by atoms with Crippen molar-refractivity contribution in [3.8, 4) is 0 Å². The van der Waals surface area contributed by atoms with Crippen molar-refractivity contribution in [2.75, 3.05) is 4.90 Å². The zero-order chi connectivity index (χ0) is 27.6. The van der Waals surface area contributed by atoms with Crippen LogP contribution in [0.2, 0.25) is 0 Å². The van der Waals surface area contributed by atoms with E-state index in [0.717, 1.165) is 33.7 Å². The third-order valence-corrected chi connectivity index (χ3v) is 7.83. The maximum Gasteiger partial charge on any atom is 0.197 e. The second-order valence-corrected chi connectivity index (χ2v) is 11.4. The van der Waals surface area contributed by atoms with E-state index in [9.17, 15) is 9.59 Å². The Labute approximate surface area is 231 Å². The SMILES string of the molecule is CC(C)(C)c1cc2c(=O)c3ccccc3n3c4cc(N(c5ccccc5)c5ccccc5)ccc4c(=O)c(c1)c23. The van der Waals surface area contributed by atoms with Gasteiger partial charge >= 0.3 is 0 Å². The fourth-order valence-electron chi connectivity index (χ4n) is 5.81. The van der Waals surface area contributed by atoms with Gasteiger partial charge < -0.3 is 9.30 Å². The highest BCUT2D eigenvalue weighted by molar-refractivity contribution is 6.08. The first-order valence-electron chi connectivity index (χ1n) is 13.5. The molecule has 0 amide bonds. The fourth-order valence-corrected chi connectivity index (χ4v) is 5.81. The molecule has 0 N–H and O–H groups in total. The molecule has 0 unspecified atom stereocenters. The summed E-state index contributed by atoms with van der Waals surface area (Å²) in [6, 6.07) is 38.1. The van der Waals surface area contributed by atoms with Crippen LogP contribution < -0.4 is 15.8 Å². The Kier molecular flexibility index (Phi) is 5.29. The minimum atomic E-state index is -0.218. The van der Waals surface area contributed by atoms with Crippen LogP contribution in [0, 0.1) is 0 Å². The molecule has 7 aromatic rings. The van der Waals surface area contributed by atoms with Crippen molar-refractivity contribution in [1.29, 1.82) is 0 Å². The minimum Gasteiger partial charge on any atom is -0.310 e. The Morgan fingerprint density at radius 2 is 1.05 bits per heavy atom. The Morgan fingerprint density at radius 1 is 0.525 bits per heavy atom. The quantitative estimate of drug-likeness (QED) is 0.174. The molecule has 194 valence electrons. The summed E-state index contributed by atoms with van der Waals surface area (Å²) >= 11 is 0. The predicted molar refractivity (Wildman–Crippen MR) is 167 cm³/mol. The van der Waals surface area contributed by atoms with Crippen LogP contribution >= 0.6 is 0 Å². The molecule has 4 nitrogen and oxygen atoms in total. The lowest BCUT2D eigenvalue weighted by atomic mass is 9.85. The first-order valence-corrected chi connectivity index (χ1v) is 13.5. The van der Waals surface area contributed by atoms with Crippen LogP contribution in [-0.4, -0.2) is 4.40 Å². The van der Waals surface area contributed by atoms with Crippen molar-refractivity contribution < 1.29 is 0 Å². The van der Waals surface area contributed by atoms with Crippen molar-refractivity contribution in [3.63, 3.8) is 0 Å². The van der Waals surface area contributed by atoms with Crippen molar-refractivity contribution >= 4 is 55.2 Å². The van der Waals surface area contributed by atoms with E-state index in [2.05, 4.69) is 60.4 Å². The molecule has 0 spiro atoms. The summed E-state index contributed by atoms with van der Waals surface area (Å²) in [7, 11) is 0. The van der Waals surface area contributed by atoms with Crippen LogP contribution in [0.5, 0.6) is 0 Å². The van der Waals surface area contributed by atoms with Gasteiger partial charge in [-0.2, -0.15) is 0 Å². The van der Waals surface area contributed by atoms with Gasteiger partial charge in [0, 0.05) is 38.6 Å². The molecule has 7 rings (SSSR count). The number of aromatic nitrogens is 1. The number of anilines is 3. The number of pyridine rings is 2. The molecule has 5 aromatic carbocycles. The van der Waals surface area contributed by atoms with Crippen molar-refractivity contribution in [3.05, 3.63) is 141 Å². The Bertz CT molecular complexity index is 2120. The molecular formula is C36H28N2O2. The van der Waals surface area contributed by atoms with Crippen LogP contribution in [0.25, 0.3) is 38.1 Å². The first kappa shape index (κ1) is 24.1. The van der Waals surface area contributed by atoms with E-state index in [1.165, 1.54) is 0 Å². The van der Waals surface area contributed by atoms with Crippen molar-refractivity contribution in [2.24, 2.45) is 0 Å². The molecule has 0 saturated heterocycles. The van der Waals surface area contributed by atoms with Gasteiger partial charge in [-0.15, -0.1) is 0 Å². The number of hydrogen-bond acceptors (Lipinski definition) is 3. The third-order valence-electron chi connectivity index (χ3n) is 7.83. The lowest BCUT2D eigenvalue weighted by molar-refractivity contribution is 0.591. The normalized spacial score (nSPS) is 12.1. The maximum absolute atomic E-state index is 14.1. The second-order valence-electron chi connectivity index (χ2n) is 11.4. The molecule has 0 atom stereocenters. The molecule has 4 heteroatoms. The van der Waals surface area contributed by atoms with Gasteiger partial charge in [-0.05, 0) is 77.7 Å². The van der Waals surface area contributed by atoms with E-state index in [1.807, 2.05) is 84.9 Å². The standard InChI is InChI=1S/C36H28N2O2/c1-36(2,3)23-20-29-33-30(21-23)35(40)28-19-18-26(22-32(28)38(33)31-17-11-10-16-27(31)34(29)39)37(24-12-6-4-7-13-24)25-14-8-5-9-15-25/h4-22H,1-3H3. The van der Waals surface area contributed by atoms with Gasteiger partial charge in [0.2, 0.25) is 0 Å².